The Bertz CT molecular complexity index is 733. The van der Waals surface area contributed by atoms with E-state index in [1.807, 2.05) is 20.8 Å². The molecule has 0 unspecified atom stereocenters. The molecule has 1 aromatic rings. The van der Waals surface area contributed by atoms with E-state index in [2.05, 4.69) is 10.6 Å². The van der Waals surface area contributed by atoms with Gasteiger partial charge in [0.25, 0.3) is 11.8 Å². The number of hydrogen-bond donors (Lipinski definition) is 3. The maximum Gasteiger partial charge on any atom is 0.253 e. The van der Waals surface area contributed by atoms with Crippen molar-refractivity contribution in [2.45, 2.75) is 26.8 Å². The highest BCUT2D eigenvalue weighted by Crippen LogP contribution is 2.24. The van der Waals surface area contributed by atoms with Gasteiger partial charge in [0.1, 0.15) is 12.4 Å². The minimum absolute atomic E-state index is 0.0995. The predicted molar refractivity (Wildman–Crippen MR) is 98.6 cm³/mol. The van der Waals surface area contributed by atoms with Crippen molar-refractivity contribution in [1.29, 1.82) is 0 Å². The molecular weight excluding hydrogens is 355 g/mol. The number of benzene rings is 1. The standard InChI is InChI=1S/C18H25FN4O4/c1-18(2,3)10-21-15(16(20)25)17(26)22-11-4-5-13(12(19)8-11)23-6-7-27-9-14(23)24/h4-5,8,15,21H,6-7,9-10H2,1-3H3,(H2,20,25)(H,22,26)/t15-/m1/s1. The second kappa shape index (κ2) is 8.45. The molecule has 1 saturated heterocycles. The number of nitrogens with one attached hydrogen (secondary N) is 2. The van der Waals surface area contributed by atoms with Crippen molar-refractivity contribution in [3.05, 3.63) is 24.0 Å². The van der Waals surface area contributed by atoms with Gasteiger partial charge in [-0.05, 0) is 23.6 Å². The fourth-order valence-corrected chi connectivity index (χ4v) is 2.52. The van der Waals surface area contributed by atoms with Crippen molar-refractivity contribution >= 4 is 29.1 Å². The Morgan fingerprint density at radius 2 is 2.07 bits per heavy atom. The van der Waals surface area contributed by atoms with Crippen LogP contribution in [0.1, 0.15) is 20.8 Å². The molecule has 9 heteroatoms. The molecule has 27 heavy (non-hydrogen) atoms. The number of nitrogens with zero attached hydrogens (tertiary/aromatic N) is 1. The summed E-state index contributed by atoms with van der Waals surface area (Å²) in [6, 6.07) is 2.71. The monoisotopic (exact) mass is 380 g/mol. The number of rotatable bonds is 6. The van der Waals surface area contributed by atoms with Crippen LogP contribution in [-0.2, 0) is 19.1 Å². The summed E-state index contributed by atoms with van der Waals surface area (Å²) >= 11 is 0. The number of morpholine rings is 1. The third-order valence-electron chi connectivity index (χ3n) is 3.88. The third-order valence-corrected chi connectivity index (χ3v) is 3.88. The number of anilines is 2. The summed E-state index contributed by atoms with van der Waals surface area (Å²) in [5, 5.41) is 5.29. The summed E-state index contributed by atoms with van der Waals surface area (Å²) < 4.78 is 19.5. The van der Waals surface area contributed by atoms with Crippen molar-refractivity contribution in [1.82, 2.24) is 5.32 Å². The number of carbonyl (C=O) groups excluding carboxylic acids is 3. The molecule has 1 atom stereocenters. The van der Waals surface area contributed by atoms with Crippen molar-refractivity contribution in [2.75, 3.05) is 36.5 Å². The maximum absolute atomic E-state index is 14.4. The number of primary amides is 1. The van der Waals surface area contributed by atoms with Gasteiger partial charge in [0.05, 0.1) is 12.3 Å². The largest absolute Gasteiger partial charge is 0.370 e. The van der Waals surface area contributed by atoms with E-state index < -0.39 is 23.7 Å². The lowest BCUT2D eigenvalue weighted by Gasteiger charge is -2.27. The van der Waals surface area contributed by atoms with Crippen LogP contribution < -0.4 is 21.3 Å². The third kappa shape index (κ3) is 5.73. The van der Waals surface area contributed by atoms with Gasteiger partial charge in [0, 0.05) is 18.8 Å². The van der Waals surface area contributed by atoms with E-state index in [0.717, 1.165) is 6.07 Å². The van der Waals surface area contributed by atoms with Gasteiger partial charge in [-0.3, -0.25) is 19.7 Å². The Labute approximate surface area is 157 Å². The molecule has 0 aromatic heterocycles. The number of amides is 3. The van der Waals surface area contributed by atoms with Gasteiger partial charge in [-0.25, -0.2) is 4.39 Å². The van der Waals surface area contributed by atoms with Crippen LogP contribution in [0.2, 0.25) is 0 Å². The van der Waals surface area contributed by atoms with Crippen molar-refractivity contribution in [2.24, 2.45) is 11.1 Å². The molecule has 1 aliphatic rings. The second-order valence-corrected chi connectivity index (χ2v) is 7.53. The number of nitrogens with two attached hydrogens (primary N) is 1. The predicted octanol–water partition coefficient (Wildman–Crippen LogP) is 0.617. The zero-order chi connectivity index (χ0) is 20.2. The van der Waals surface area contributed by atoms with Crippen LogP contribution in [0.3, 0.4) is 0 Å². The summed E-state index contributed by atoms with van der Waals surface area (Å²) in [4.78, 5) is 37.0. The Morgan fingerprint density at radius 3 is 2.63 bits per heavy atom. The SMILES string of the molecule is CC(C)(C)CN[C@H](C(N)=O)C(=O)Nc1ccc(N2CCOCC2=O)c(F)c1. The number of halogens is 1. The molecule has 4 N–H and O–H groups in total. The van der Waals surface area contributed by atoms with Gasteiger partial charge in [-0.15, -0.1) is 0 Å². The molecule has 1 fully saturated rings. The zero-order valence-electron chi connectivity index (χ0n) is 15.7. The van der Waals surface area contributed by atoms with E-state index in [0.29, 0.717) is 13.2 Å². The first-order chi connectivity index (χ1) is 12.6. The van der Waals surface area contributed by atoms with Crippen molar-refractivity contribution in [3.8, 4) is 0 Å². The van der Waals surface area contributed by atoms with Gasteiger partial charge in [0.2, 0.25) is 5.91 Å². The van der Waals surface area contributed by atoms with E-state index in [1.54, 1.807) is 0 Å². The summed E-state index contributed by atoms with van der Waals surface area (Å²) in [5.74, 6) is -2.51. The van der Waals surface area contributed by atoms with Crippen molar-refractivity contribution < 1.29 is 23.5 Å². The number of carbonyl (C=O) groups is 3. The minimum Gasteiger partial charge on any atom is -0.370 e. The fourth-order valence-electron chi connectivity index (χ4n) is 2.52. The van der Waals surface area contributed by atoms with Crippen LogP contribution in [-0.4, -0.2) is 50.1 Å². The van der Waals surface area contributed by atoms with Crippen molar-refractivity contribution in [3.63, 3.8) is 0 Å². The number of hydrogen-bond acceptors (Lipinski definition) is 5. The van der Waals surface area contributed by atoms with Crippen LogP contribution in [0.15, 0.2) is 18.2 Å². The van der Waals surface area contributed by atoms with Gasteiger partial charge in [-0.2, -0.15) is 0 Å². The van der Waals surface area contributed by atoms with Crippen LogP contribution >= 0.6 is 0 Å². The molecule has 3 amide bonds. The molecule has 1 aromatic carbocycles. The lowest BCUT2D eigenvalue weighted by molar-refractivity contribution is -0.128. The molecule has 0 aliphatic carbocycles. The molecule has 1 heterocycles. The summed E-state index contributed by atoms with van der Waals surface area (Å²) in [7, 11) is 0. The Kier molecular flexibility index (Phi) is 6.50. The van der Waals surface area contributed by atoms with Gasteiger partial charge >= 0.3 is 0 Å². The normalized spacial score (nSPS) is 16.1. The zero-order valence-corrected chi connectivity index (χ0v) is 15.7. The summed E-state index contributed by atoms with van der Waals surface area (Å²) in [5.41, 5.74) is 5.40. The Balaban J connectivity index is 2.09. The maximum atomic E-state index is 14.4. The van der Waals surface area contributed by atoms with E-state index in [-0.39, 0.29) is 35.8 Å². The van der Waals surface area contributed by atoms with Crippen LogP contribution in [0.4, 0.5) is 15.8 Å². The molecule has 2 rings (SSSR count). The molecule has 0 saturated carbocycles. The van der Waals surface area contributed by atoms with Gasteiger partial charge < -0.3 is 20.7 Å². The molecule has 0 spiro atoms. The smallest absolute Gasteiger partial charge is 0.253 e. The molecule has 0 radical (unpaired) electrons. The summed E-state index contributed by atoms with van der Waals surface area (Å²) in [6.45, 7) is 6.69. The van der Waals surface area contributed by atoms with E-state index in [1.165, 1.54) is 17.0 Å². The first kappa shape index (κ1) is 20.8. The lowest BCUT2D eigenvalue weighted by atomic mass is 9.96. The lowest BCUT2D eigenvalue weighted by Crippen LogP contribution is -2.51. The van der Waals surface area contributed by atoms with Crippen LogP contribution in [0, 0.1) is 11.2 Å². The average molecular weight is 380 g/mol. The van der Waals surface area contributed by atoms with E-state index in [9.17, 15) is 18.8 Å². The molecule has 1 aliphatic heterocycles. The molecule has 148 valence electrons. The average Bonchev–Trinajstić information content (AvgIpc) is 2.54. The highest BCUT2D eigenvalue weighted by molar-refractivity contribution is 6.09. The second-order valence-electron chi connectivity index (χ2n) is 7.53. The van der Waals surface area contributed by atoms with Crippen LogP contribution in [0.5, 0.6) is 0 Å². The van der Waals surface area contributed by atoms with E-state index in [4.69, 9.17) is 10.5 Å². The van der Waals surface area contributed by atoms with E-state index >= 15 is 0 Å². The molecular formula is C18H25FN4O4. The Morgan fingerprint density at radius 1 is 1.37 bits per heavy atom. The molecule has 8 nitrogen and oxygen atoms in total. The van der Waals surface area contributed by atoms with Gasteiger partial charge in [-0.1, -0.05) is 20.8 Å². The number of ether oxygens (including phenoxy) is 1. The topological polar surface area (TPSA) is 114 Å². The van der Waals surface area contributed by atoms with Gasteiger partial charge in [0.15, 0.2) is 6.04 Å². The Hall–Kier alpha value is -2.52. The van der Waals surface area contributed by atoms with Crippen LogP contribution in [0.25, 0.3) is 0 Å². The minimum atomic E-state index is -1.24. The highest BCUT2D eigenvalue weighted by Gasteiger charge is 2.27. The first-order valence-electron chi connectivity index (χ1n) is 8.60. The summed E-state index contributed by atoms with van der Waals surface area (Å²) in [6.07, 6.45) is 0. The first-order valence-corrected chi connectivity index (χ1v) is 8.60. The molecule has 0 bridgehead atoms. The fraction of sp³-hybridized carbons (Fsp3) is 0.500. The quantitative estimate of drug-likeness (QED) is 0.626. The highest BCUT2D eigenvalue weighted by atomic mass is 19.1.